The molecule has 0 amide bonds. The molecule has 0 saturated heterocycles. The second-order valence-corrected chi connectivity index (χ2v) is 8.26. The SMILES string of the molecule is Cc1ccc(-c2nnc(S[C@@H](C)C(=O)c3c(C)[nH]c4ccccc34)o2)cc1C. The Balaban J connectivity index is 1.56. The minimum atomic E-state index is -0.342. The summed E-state index contributed by atoms with van der Waals surface area (Å²) in [6, 6.07) is 13.9. The van der Waals surface area contributed by atoms with Crippen molar-refractivity contribution < 1.29 is 9.21 Å². The minimum Gasteiger partial charge on any atom is -0.411 e. The van der Waals surface area contributed by atoms with Gasteiger partial charge in [0.1, 0.15) is 0 Å². The number of nitrogens with one attached hydrogen (secondary N) is 1. The first-order valence-electron chi connectivity index (χ1n) is 9.13. The molecular weight excluding hydrogens is 370 g/mol. The Bertz CT molecular complexity index is 1180. The van der Waals surface area contributed by atoms with Crippen molar-refractivity contribution in [2.75, 3.05) is 0 Å². The smallest absolute Gasteiger partial charge is 0.277 e. The number of benzene rings is 2. The molecule has 0 unspecified atom stereocenters. The predicted octanol–water partition coefficient (Wildman–Crippen LogP) is 5.51. The topological polar surface area (TPSA) is 71.8 Å². The van der Waals surface area contributed by atoms with Crippen LogP contribution in [0.1, 0.15) is 34.1 Å². The van der Waals surface area contributed by atoms with Crippen molar-refractivity contribution in [3.8, 4) is 11.5 Å². The van der Waals surface area contributed by atoms with E-state index in [1.54, 1.807) is 0 Å². The van der Waals surface area contributed by atoms with Crippen molar-refractivity contribution in [3.05, 3.63) is 64.8 Å². The van der Waals surface area contributed by atoms with Crippen LogP contribution >= 0.6 is 11.8 Å². The number of hydrogen-bond acceptors (Lipinski definition) is 5. The lowest BCUT2D eigenvalue weighted by Gasteiger charge is -2.07. The molecule has 1 N–H and O–H groups in total. The van der Waals surface area contributed by atoms with Gasteiger partial charge in [0.2, 0.25) is 5.89 Å². The van der Waals surface area contributed by atoms with Crippen LogP contribution < -0.4 is 0 Å². The number of para-hydroxylation sites is 1. The molecule has 0 spiro atoms. The van der Waals surface area contributed by atoms with Crippen molar-refractivity contribution in [2.24, 2.45) is 0 Å². The van der Waals surface area contributed by atoms with Crippen molar-refractivity contribution >= 4 is 28.4 Å². The van der Waals surface area contributed by atoms with Crippen molar-refractivity contribution in [1.29, 1.82) is 0 Å². The molecule has 142 valence electrons. The van der Waals surface area contributed by atoms with E-state index in [9.17, 15) is 4.79 Å². The van der Waals surface area contributed by atoms with E-state index in [0.717, 1.165) is 27.7 Å². The summed E-state index contributed by atoms with van der Waals surface area (Å²) in [5.74, 6) is 0.513. The maximum atomic E-state index is 13.1. The highest BCUT2D eigenvalue weighted by molar-refractivity contribution is 8.00. The average molecular weight is 391 g/mol. The number of nitrogens with zero attached hydrogens (tertiary/aromatic N) is 2. The van der Waals surface area contributed by atoms with Gasteiger partial charge < -0.3 is 9.40 Å². The molecule has 4 rings (SSSR count). The summed E-state index contributed by atoms with van der Waals surface area (Å²) >= 11 is 1.29. The zero-order valence-electron chi connectivity index (χ0n) is 16.2. The third-order valence-electron chi connectivity index (χ3n) is 4.95. The summed E-state index contributed by atoms with van der Waals surface area (Å²) in [5, 5.41) is 9.26. The maximum absolute atomic E-state index is 13.1. The number of ketones is 1. The van der Waals surface area contributed by atoms with Gasteiger partial charge in [0.05, 0.1) is 5.25 Å². The summed E-state index contributed by atoms with van der Waals surface area (Å²) < 4.78 is 5.80. The summed E-state index contributed by atoms with van der Waals surface area (Å²) in [6.07, 6.45) is 0. The van der Waals surface area contributed by atoms with E-state index in [4.69, 9.17) is 4.42 Å². The number of carbonyl (C=O) groups is 1. The van der Waals surface area contributed by atoms with Gasteiger partial charge >= 0.3 is 0 Å². The normalized spacial score (nSPS) is 12.4. The van der Waals surface area contributed by atoms with Crippen LogP contribution in [0.3, 0.4) is 0 Å². The van der Waals surface area contributed by atoms with E-state index < -0.39 is 0 Å². The number of fused-ring (bicyclic) bond motifs is 1. The molecule has 1 atom stereocenters. The molecule has 4 aromatic rings. The average Bonchev–Trinajstić information content (AvgIpc) is 3.26. The Morgan fingerprint density at radius 2 is 1.86 bits per heavy atom. The molecule has 2 aromatic carbocycles. The van der Waals surface area contributed by atoms with Crippen LogP contribution in [-0.2, 0) is 0 Å². The van der Waals surface area contributed by atoms with E-state index >= 15 is 0 Å². The van der Waals surface area contributed by atoms with Crippen LogP contribution in [-0.4, -0.2) is 26.2 Å². The monoisotopic (exact) mass is 391 g/mol. The van der Waals surface area contributed by atoms with E-state index in [1.807, 2.05) is 56.3 Å². The van der Waals surface area contributed by atoms with Crippen molar-refractivity contribution in [2.45, 2.75) is 38.2 Å². The lowest BCUT2D eigenvalue weighted by atomic mass is 10.1. The van der Waals surface area contributed by atoms with Crippen LogP contribution in [0.2, 0.25) is 0 Å². The van der Waals surface area contributed by atoms with Crippen LogP contribution in [0, 0.1) is 20.8 Å². The zero-order valence-corrected chi connectivity index (χ0v) is 17.1. The van der Waals surface area contributed by atoms with Gasteiger partial charge in [-0.25, -0.2) is 0 Å². The predicted molar refractivity (Wildman–Crippen MR) is 112 cm³/mol. The van der Waals surface area contributed by atoms with Crippen LogP contribution in [0.5, 0.6) is 0 Å². The van der Waals surface area contributed by atoms with Gasteiger partial charge in [-0.05, 0) is 57.0 Å². The summed E-state index contributed by atoms with van der Waals surface area (Å²) in [5.41, 5.74) is 5.84. The van der Waals surface area contributed by atoms with E-state index in [-0.39, 0.29) is 11.0 Å². The van der Waals surface area contributed by atoms with E-state index in [1.165, 1.54) is 22.9 Å². The number of aryl methyl sites for hydroxylation is 3. The first-order valence-corrected chi connectivity index (χ1v) is 10.0. The third-order valence-corrected chi connectivity index (χ3v) is 5.88. The molecule has 0 aliphatic heterocycles. The second kappa shape index (κ2) is 7.28. The molecule has 0 radical (unpaired) electrons. The number of thioether (sulfide) groups is 1. The van der Waals surface area contributed by atoms with Gasteiger partial charge in [-0.3, -0.25) is 4.79 Å². The second-order valence-electron chi connectivity index (χ2n) is 6.97. The maximum Gasteiger partial charge on any atom is 0.277 e. The first-order chi connectivity index (χ1) is 13.4. The number of hydrogen-bond donors (Lipinski definition) is 1. The fourth-order valence-corrected chi connectivity index (χ4v) is 3.99. The molecule has 28 heavy (non-hydrogen) atoms. The fourth-order valence-electron chi connectivity index (χ4n) is 3.25. The van der Waals surface area contributed by atoms with Crippen LogP contribution in [0.25, 0.3) is 22.4 Å². The minimum absolute atomic E-state index is 0.0471. The van der Waals surface area contributed by atoms with Gasteiger partial charge in [-0.2, -0.15) is 0 Å². The molecule has 0 aliphatic carbocycles. The molecule has 5 nitrogen and oxygen atoms in total. The number of Topliss-reactive ketones (excluding diaryl/α,β-unsaturated/α-hetero) is 1. The van der Waals surface area contributed by atoms with Gasteiger partial charge in [0, 0.05) is 27.7 Å². The summed E-state index contributed by atoms with van der Waals surface area (Å²) in [7, 11) is 0. The number of aromatic amines is 1. The Hall–Kier alpha value is -2.86. The molecule has 0 fully saturated rings. The molecule has 0 aliphatic rings. The molecular formula is C22H21N3O2S. The Morgan fingerprint density at radius 1 is 1.07 bits per heavy atom. The van der Waals surface area contributed by atoms with Gasteiger partial charge in [-0.1, -0.05) is 36.0 Å². The summed E-state index contributed by atoms with van der Waals surface area (Å²) in [6.45, 7) is 7.91. The highest BCUT2D eigenvalue weighted by atomic mass is 32.2. The number of carbonyl (C=O) groups excluding carboxylic acids is 1. The lowest BCUT2D eigenvalue weighted by molar-refractivity contribution is 0.0994. The quantitative estimate of drug-likeness (QED) is 0.359. The van der Waals surface area contributed by atoms with Crippen molar-refractivity contribution in [1.82, 2.24) is 15.2 Å². The third kappa shape index (κ3) is 3.36. The van der Waals surface area contributed by atoms with E-state index in [2.05, 4.69) is 29.0 Å². The molecule has 0 saturated carbocycles. The Labute approximate surface area is 167 Å². The fraction of sp³-hybridized carbons (Fsp3) is 0.227. The van der Waals surface area contributed by atoms with Crippen molar-refractivity contribution in [3.63, 3.8) is 0 Å². The molecule has 2 heterocycles. The molecule has 0 bridgehead atoms. The Kier molecular flexibility index (Phi) is 4.81. The highest BCUT2D eigenvalue weighted by Gasteiger charge is 2.24. The Morgan fingerprint density at radius 3 is 2.64 bits per heavy atom. The molecule has 2 aromatic heterocycles. The summed E-state index contributed by atoms with van der Waals surface area (Å²) in [4.78, 5) is 16.4. The number of H-pyrrole nitrogens is 1. The van der Waals surface area contributed by atoms with Gasteiger partial charge in [0.25, 0.3) is 5.22 Å². The number of rotatable bonds is 5. The lowest BCUT2D eigenvalue weighted by Crippen LogP contribution is -2.14. The number of aromatic nitrogens is 3. The van der Waals surface area contributed by atoms with E-state index in [0.29, 0.717) is 11.1 Å². The standard InChI is InChI=1S/C22H21N3O2S/c1-12-9-10-16(11-13(12)2)21-24-25-22(27-21)28-15(4)20(26)19-14(3)23-18-8-6-5-7-17(18)19/h5-11,15,23H,1-4H3/t15-/m0/s1. The van der Waals surface area contributed by atoms with Crippen LogP contribution in [0.4, 0.5) is 0 Å². The first kappa shape index (κ1) is 18.5. The largest absolute Gasteiger partial charge is 0.411 e. The van der Waals surface area contributed by atoms with Gasteiger partial charge in [-0.15, -0.1) is 10.2 Å². The van der Waals surface area contributed by atoms with Crippen LogP contribution in [0.15, 0.2) is 52.1 Å². The highest BCUT2D eigenvalue weighted by Crippen LogP contribution is 2.31. The molecule has 6 heteroatoms. The van der Waals surface area contributed by atoms with Gasteiger partial charge in [0.15, 0.2) is 5.78 Å². The zero-order chi connectivity index (χ0) is 19.8.